The Hall–Kier alpha value is -1.24. The first-order valence-electron chi connectivity index (χ1n) is 4.86. The van der Waals surface area contributed by atoms with Crippen molar-refractivity contribution in [2.24, 2.45) is 5.73 Å². The smallest absolute Gasteiger partial charge is 0.257 e. The number of aryl methyl sites for hydroxylation is 1. The van der Waals surface area contributed by atoms with Crippen molar-refractivity contribution in [3.8, 4) is 11.4 Å². The van der Waals surface area contributed by atoms with Gasteiger partial charge in [0.15, 0.2) is 0 Å². The van der Waals surface area contributed by atoms with Gasteiger partial charge in [0.25, 0.3) is 5.89 Å². The van der Waals surface area contributed by atoms with Crippen molar-refractivity contribution in [1.82, 2.24) is 10.1 Å². The topological polar surface area (TPSA) is 74.2 Å². The molecule has 0 saturated heterocycles. The third-order valence-electron chi connectivity index (χ3n) is 2.31. The van der Waals surface area contributed by atoms with Crippen LogP contribution in [-0.2, 0) is 4.74 Å². The van der Waals surface area contributed by atoms with Crippen LogP contribution in [0.2, 0.25) is 0 Å². The lowest BCUT2D eigenvalue weighted by molar-refractivity contribution is 0.0804. The summed E-state index contributed by atoms with van der Waals surface area (Å²) < 4.78 is 10.3. The molecular formula is C10H13N3O2S. The molecule has 86 valence electrons. The second-order valence-corrected chi connectivity index (χ2v) is 4.13. The average molecular weight is 239 g/mol. The van der Waals surface area contributed by atoms with Crippen molar-refractivity contribution < 1.29 is 9.26 Å². The zero-order chi connectivity index (χ0) is 11.5. The molecule has 0 bridgehead atoms. The summed E-state index contributed by atoms with van der Waals surface area (Å²) in [6.45, 7) is 2.33. The molecule has 6 heteroatoms. The fraction of sp³-hybridized carbons (Fsp3) is 0.400. The van der Waals surface area contributed by atoms with E-state index in [1.807, 2.05) is 17.7 Å². The quantitative estimate of drug-likeness (QED) is 0.879. The van der Waals surface area contributed by atoms with Crippen molar-refractivity contribution in [1.29, 1.82) is 0 Å². The number of rotatable bonds is 4. The average Bonchev–Trinajstić information content (AvgIpc) is 2.89. The molecule has 0 spiro atoms. The minimum Gasteiger partial charge on any atom is -0.370 e. The van der Waals surface area contributed by atoms with E-state index in [-0.39, 0.29) is 6.10 Å². The van der Waals surface area contributed by atoms with Crippen molar-refractivity contribution in [3.05, 3.63) is 22.2 Å². The Labute approximate surface area is 97.2 Å². The van der Waals surface area contributed by atoms with E-state index in [2.05, 4.69) is 10.1 Å². The van der Waals surface area contributed by atoms with Crippen molar-refractivity contribution >= 4 is 11.3 Å². The maximum atomic E-state index is 5.52. The van der Waals surface area contributed by atoms with Crippen LogP contribution in [0.15, 0.2) is 15.3 Å². The minimum atomic E-state index is -0.333. The number of ether oxygens (including phenoxy) is 1. The molecule has 0 saturated carbocycles. The number of thiophene rings is 1. The predicted octanol–water partition coefficient (Wildman–Crippen LogP) is 1.75. The van der Waals surface area contributed by atoms with Crippen molar-refractivity contribution in [2.45, 2.75) is 13.0 Å². The van der Waals surface area contributed by atoms with Gasteiger partial charge in [0.2, 0.25) is 5.82 Å². The Balaban J connectivity index is 2.29. The standard InChI is InChI=1S/C10H13N3O2S/c1-6-4-16-5-7(6)9-12-10(15-13-9)8(3-11)14-2/h4-5,8H,3,11H2,1-2H3. The first kappa shape index (κ1) is 11.3. The molecule has 0 aromatic carbocycles. The second kappa shape index (κ2) is 4.73. The lowest BCUT2D eigenvalue weighted by atomic mass is 10.2. The van der Waals surface area contributed by atoms with Gasteiger partial charge < -0.3 is 15.0 Å². The van der Waals surface area contributed by atoms with Gasteiger partial charge in [-0.1, -0.05) is 5.16 Å². The van der Waals surface area contributed by atoms with Gasteiger partial charge in [-0.25, -0.2) is 0 Å². The second-order valence-electron chi connectivity index (χ2n) is 3.38. The van der Waals surface area contributed by atoms with Gasteiger partial charge in [-0.05, 0) is 17.9 Å². The van der Waals surface area contributed by atoms with E-state index >= 15 is 0 Å². The van der Waals surface area contributed by atoms with Crippen LogP contribution in [-0.4, -0.2) is 23.8 Å². The monoisotopic (exact) mass is 239 g/mol. The van der Waals surface area contributed by atoms with Gasteiger partial charge in [-0.3, -0.25) is 0 Å². The summed E-state index contributed by atoms with van der Waals surface area (Å²) in [6.07, 6.45) is -0.333. The molecule has 1 atom stereocenters. The highest BCUT2D eigenvalue weighted by Gasteiger charge is 2.18. The summed E-state index contributed by atoms with van der Waals surface area (Å²) >= 11 is 1.61. The van der Waals surface area contributed by atoms with E-state index in [1.54, 1.807) is 18.4 Å². The number of hydrogen-bond donors (Lipinski definition) is 1. The minimum absolute atomic E-state index is 0.320. The largest absolute Gasteiger partial charge is 0.370 e. The maximum Gasteiger partial charge on any atom is 0.257 e. The molecule has 2 aromatic heterocycles. The lowest BCUT2D eigenvalue weighted by Gasteiger charge is -2.05. The predicted molar refractivity (Wildman–Crippen MR) is 61.2 cm³/mol. The number of methoxy groups -OCH3 is 1. The van der Waals surface area contributed by atoms with E-state index in [0.717, 1.165) is 11.1 Å². The molecule has 0 aliphatic heterocycles. The van der Waals surface area contributed by atoms with E-state index in [0.29, 0.717) is 18.3 Å². The Morgan fingerprint density at radius 1 is 1.56 bits per heavy atom. The molecule has 2 N–H and O–H groups in total. The van der Waals surface area contributed by atoms with E-state index in [1.165, 1.54) is 0 Å². The first-order valence-corrected chi connectivity index (χ1v) is 5.80. The summed E-state index contributed by atoms with van der Waals surface area (Å²) in [4.78, 5) is 4.28. The van der Waals surface area contributed by atoms with Crippen molar-refractivity contribution in [2.75, 3.05) is 13.7 Å². The van der Waals surface area contributed by atoms with E-state index < -0.39 is 0 Å². The molecule has 5 nitrogen and oxygen atoms in total. The van der Waals surface area contributed by atoms with Crippen LogP contribution in [0.25, 0.3) is 11.4 Å². The van der Waals surface area contributed by atoms with Crippen LogP contribution in [0.4, 0.5) is 0 Å². The van der Waals surface area contributed by atoms with Gasteiger partial charge >= 0.3 is 0 Å². The van der Waals surface area contributed by atoms with Crippen LogP contribution >= 0.6 is 11.3 Å². The molecule has 0 fully saturated rings. The molecule has 0 amide bonds. The van der Waals surface area contributed by atoms with Gasteiger partial charge in [0, 0.05) is 24.6 Å². The molecule has 0 aliphatic carbocycles. The third-order valence-corrected chi connectivity index (χ3v) is 3.17. The summed E-state index contributed by atoms with van der Waals surface area (Å²) in [5.74, 6) is 1.01. The molecular weight excluding hydrogens is 226 g/mol. The van der Waals surface area contributed by atoms with Gasteiger partial charge in [-0.2, -0.15) is 16.3 Å². The number of aromatic nitrogens is 2. The Bertz CT molecular complexity index is 462. The fourth-order valence-electron chi connectivity index (χ4n) is 1.36. The van der Waals surface area contributed by atoms with Crippen LogP contribution in [0, 0.1) is 6.92 Å². The first-order chi connectivity index (χ1) is 7.76. The zero-order valence-corrected chi connectivity index (χ0v) is 9.95. The molecule has 16 heavy (non-hydrogen) atoms. The maximum absolute atomic E-state index is 5.52. The zero-order valence-electron chi connectivity index (χ0n) is 9.14. The van der Waals surface area contributed by atoms with Gasteiger partial charge in [-0.15, -0.1) is 0 Å². The fourth-order valence-corrected chi connectivity index (χ4v) is 2.19. The lowest BCUT2D eigenvalue weighted by Crippen LogP contribution is -2.14. The number of nitrogens with zero attached hydrogens (tertiary/aromatic N) is 2. The van der Waals surface area contributed by atoms with Gasteiger partial charge in [0.05, 0.1) is 0 Å². The molecule has 2 heterocycles. The normalized spacial score (nSPS) is 12.9. The molecule has 2 aromatic rings. The van der Waals surface area contributed by atoms with E-state index in [9.17, 15) is 0 Å². The Morgan fingerprint density at radius 2 is 2.38 bits per heavy atom. The number of hydrogen-bond acceptors (Lipinski definition) is 6. The van der Waals surface area contributed by atoms with Gasteiger partial charge in [0.1, 0.15) is 6.10 Å². The molecule has 1 unspecified atom stereocenters. The SMILES string of the molecule is COC(CN)c1nc(-c2cscc2C)no1. The highest BCUT2D eigenvalue weighted by Crippen LogP contribution is 2.25. The summed E-state index contributed by atoms with van der Waals surface area (Å²) in [6, 6.07) is 0. The molecule has 0 aliphatic rings. The summed E-state index contributed by atoms with van der Waals surface area (Å²) in [5.41, 5.74) is 7.65. The van der Waals surface area contributed by atoms with Crippen LogP contribution in [0.3, 0.4) is 0 Å². The molecule has 0 radical (unpaired) electrons. The Kier molecular flexibility index (Phi) is 3.33. The van der Waals surface area contributed by atoms with Crippen LogP contribution in [0.5, 0.6) is 0 Å². The highest BCUT2D eigenvalue weighted by atomic mass is 32.1. The highest BCUT2D eigenvalue weighted by molar-refractivity contribution is 7.08. The number of nitrogens with two attached hydrogens (primary N) is 1. The summed E-state index contributed by atoms with van der Waals surface area (Å²) in [5, 5.41) is 7.96. The molecule has 2 rings (SSSR count). The van der Waals surface area contributed by atoms with Crippen molar-refractivity contribution in [3.63, 3.8) is 0 Å². The van der Waals surface area contributed by atoms with Crippen LogP contribution in [0.1, 0.15) is 17.6 Å². The third kappa shape index (κ3) is 1.99. The van der Waals surface area contributed by atoms with Crippen LogP contribution < -0.4 is 5.73 Å². The summed E-state index contributed by atoms with van der Waals surface area (Å²) in [7, 11) is 1.57. The Morgan fingerprint density at radius 3 is 2.94 bits per heavy atom. The van der Waals surface area contributed by atoms with E-state index in [4.69, 9.17) is 15.0 Å².